The van der Waals surface area contributed by atoms with Crippen molar-refractivity contribution >= 4 is 0 Å². The minimum absolute atomic E-state index is 0.266. The number of hydrogen-bond donors (Lipinski definition) is 0. The maximum atomic E-state index is 4.29. The lowest BCUT2D eigenvalue weighted by Crippen LogP contribution is -2.31. The van der Waals surface area contributed by atoms with Gasteiger partial charge in [-0.3, -0.25) is 0 Å². The lowest BCUT2D eigenvalue weighted by Gasteiger charge is -2.28. The van der Waals surface area contributed by atoms with Gasteiger partial charge in [-0.25, -0.2) is 0 Å². The van der Waals surface area contributed by atoms with Gasteiger partial charge in [0.2, 0.25) is 0 Å². The third-order valence-electron chi connectivity index (χ3n) is 5.28. The first-order valence-electron chi connectivity index (χ1n) is 8.77. The first kappa shape index (κ1) is 18.3. The van der Waals surface area contributed by atoms with E-state index in [1.54, 1.807) is 0 Å². The van der Waals surface area contributed by atoms with Gasteiger partial charge in [0.15, 0.2) is 0 Å². The number of hydrogen-bond acceptors (Lipinski definition) is 1. The highest BCUT2D eigenvalue weighted by Crippen LogP contribution is 2.36. The summed E-state index contributed by atoms with van der Waals surface area (Å²) in [5, 5.41) is 0. The van der Waals surface area contributed by atoms with Crippen LogP contribution >= 0.6 is 0 Å². The van der Waals surface area contributed by atoms with Gasteiger partial charge >= 0.3 is 0 Å². The van der Waals surface area contributed by atoms with Gasteiger partial charge in [-0.15, -0.1) is 0 Å². The zero-order chi connectivity index (χ0) is 16.2. The van der Waals surface area contributed by atoms with Gasteiger partial charge in [-0.2, -0.15) is 0 Å². The lowest BCUT2D eigenvalue weighted by atomic mass is 9.84. The molecule has 1 aliphatic heterocycles. The summed E-state index contributed by atoms with van der Waals surface area (Å²) in [6.45, 7) is 23.6. The molecule has 21 heavy (non-hydrogen) atoms. The topological polar surface area (TPSA) is 3.24 Å². The summed E-state index contributed by atoms with van der Waals surface area (Å²) in [4.78, 5) is 2.56. The van der Waals surface area contributed by atoms with Crippen LogP contribution in [0.4, 0.5) is 0 Å². The van der Waals surface area contributed by atoms with Crippen molar-refractivity contribution in [2.75, 3.05) is 6.54 Å². The Morgan fingerprint density at radius 3 is 2.33 bits per heavy atom. The van der Waals surface area contributed by atoms with Crippen LogP contribution in [0.5, 0.6) is 0 Å². The van der Waals surface area contributed by atoms with E-state index in [1.165, 1.54) is 49.9 Å². The van der Waals surface area contributed by atoms with Gasteiger partial charge < -0.3 is 4.90 Å². The van der Waals surface area contributed by atoms with E-state index in [0.29, 0.717) is 6.04 Å². The summed E-state index contributed by atoms with van der Waals surface area (Å²) in [5.41, 5.74) is 3.02. The van der Waals surface area contributed by atoms with Crippen LogP contribution in [0, 0.1) is 17.3 Å². The molecular weight excluding hydrogens is 254 g/mol. The molecule has 2 unspecified atom stereocenters. The van der Waals surface area contributed by atoms with Crippen molar-refractivity contribution < 1.29 is 0 Å². The van der Waals surface area contributed by atoms with E-state index >= 15 is 0 Å². The van der Waals surface area contributed by atoms with Crippen molar-refractivity contribution in [3.05, 3.63) is 24.4 Å². The highest BCUT2D eigenvalue weighted by molar-refractivity contribution is 5.07. The van der Waals surface area contributed by atoms with Crippen molar-refractivity contribution in [3.63, 3.8) is 0 Å². The second-order valence-corrected chi connectivity index (χ2v) is 8.28. The SMILES string of the molecule is C=C1CC(C(C)C)C(C)N1CCCCCC(=C)C(C)(C)C. The molecule has 0 aromatic carbocycles. The predicted octanol–water partition coefficient (Wildman–Crippen LogP) is 6.03. The maximum absolute atomic E-state index is 4.29. The van der Waals surface area contributed by atoms with Crippen LogP contribution in [0.3, 0.4) is 0 Å². The van der Waals surface area contributed by atoms with Crippen LogP contribution in [0.2, 0.25) is 0 Å². The molecule has 0 saturated carbocycles. The Morgan fingerprint density at radius 2 is 1.86 bits per heavy atom. The fraction of sp³-hybridized carbons (Fsp3) is 0.800. The summed E-state index contributed by atoms with van der Waals surface area (Å²) in [6, 6.07) is 0.669. The number of likely N-dealkylation sites (tertiary alicyclic amines) is 1. The van der Waals surface area contributed by atoms with Gasteiger partial charge in [-0.05, 0) is 49.9 Å². The summed E-state index contributed by atoms with van der Waals surface area (Å²) in [6.07, 6.45) is 6.23. The van der Waals surface area contributed by atoms with Crippen LogP contribution in [0.1, 0.15) is 73.6 Å². The minimum atomic E-state index is 0.266. The molecule has 1 fully saturated rings. The number of unbranched alkanes of at least 4 members (excludes halogenated alkanes) is 2. The molecular formula is C20H37N. The highest BCUT2D eigenvalue weighted by Gasteiger charge is 2.33. The van der Waals surface area contributed by atoms with Crippen LogP contribution in [-0.2, 0) is 0 Å². The van der Waals surface area contributed by atoms with Crippen molar-refractivity contribution in [2.45, 2.75) is 79.7 Å². The molecule has 0 aromatic rings. The average molecular weight is 292 g/mol. The molecule has 0 bridgehead atoms. The number of allylic oxidation sites excluding steroid dienone is 2. The molecule has 0 amide bonds. The van der Waals surface area contributed by atoms with Crippen molar-refractivity contribution in [3.8, 4) is 0 Å². The standard InChI is InChI=1S/C20H37N/c1-15(2)19-14-17(4)21(18(19)5)13-11-9-10-12-16(3)20(6,7)8/h15,18-19H,3-4,9-14H2,1-2,5-8H3. The first-order chi connectivity index (χ1) is 9.64. The van der Waals surface area contributed by atoms with Crippen LogP contribution in [0.15, 0.2) is 24.4 Å². The van der Waals surface area contributed by atoms with Gasteiger partial charge in [0, 0.05) is 18.3 Å². The maximum Gasteiger partial charge on any atom is 0.0292 e. The van der Waals surface area contributed by atoms with Gasteiger partial charge in [0.25, 0.3) is 0 Å². The zero-order valence-corrected chi connectivity index (χ0v) is 15.3. The van der Waals surface area contributed by atoms with Crippen molar-refractivity contribution in [2.24, 2.45) is 17.3 Å². The summed E-state index contributed by atoms with van der Waals surface area (Å²) in [7, 11) is 0. The van der Waals surface area contributed by atoms with Gasteiger partial charge in [0.05, 0.1) is 0 Å². The van der Waals surface area contributed by atoms with Crippen LogP contribution in [-0.4, -0.2) is 17.5 Å². The molecule has 122 valence electrons. The molecule has 0 aliphatic carbocycles. The second kappa shape index (κ2) is 7.51. The summed E-state index contributed by atoms with van der Waals surface area (Å²) >= 11 is 0. The number of nitrogens with zero attached hydrogens (tertiary/aromatic N) is 1. The lowest BCUT2D eigenvalue weighted by molar-refractivity contribution is 0.232. The van der Waals surface area contributed by atoms with E-state index in [9.17, 15) is 0 Å². The zero-order valence-electron chi connectivity index (χ0n) is 15.3. The minimum Gasteiger partial charge on any atom is -0.372 e. The fourth-order valence-corrected chi connectivity index (χ4v) is 3.41. The third-order valence-corrected chi connectivity index (χ3v) is 5.28. The Morgan fingerprint density at radius 1 is 1.24 bits per heavy atom. The molecule has 0 radical (unpaired) electrons. The van der Waals surface area contributed by atoms with E-state index in [4.69, 9.17) is 0 Å². The molecule has 0 aromatic heterocycles. The van der Waals surface area contributed by atoms with E-state index in [2.05, 4.69) is 59.6 Å². The van der Waals surface area contributed by atoms with E-state index in [1.807, 2.05) is 0 Å². The molecule has 0 N–H and O–H groups in total. The smallest absolute Gasteiger partial charge is 0.0292 e. The quantitative estimate of drug-likeness (QED) is 0.409. The molecule has 1 saturated heterocycles. The van der Waals surface area contributed by atoms with E-state index < -0.39 is 0 Å². The van der Waals surface area contributed by atoms with Crippen LogP contribution < -0.4 is 0 Å². The summed E-state index contributed by atoms with van der Waals surface area (Å²) in [5.74, 6) is 1.55. The van der Waals surface area contributed by atoms with E-state index in [0.717, 1.165) is 11.8 Å². The fourth-order valence-electron chi connectivity index (χ4n) is 3.41. The first-order valence-corrected chi connectivity index (χ1v) is 8.77. The third kappa shape index (κ3) is 5.20. The molecule has 1 rings (SSSR count). The average Bonchev–Trinajstić information content (AvgIpc) is 2.64. The Bertz CT molecular complexity index is 359. The monoisotopic (exact) mass is 291 g/mol. The molecule has 1 nitrogen and oxygen atoms in total. The van der Waals surface area contributed by atoms with E-state index in [-0.39, 0.29) is 5.41 Å². The van der Waals surface area contributed by atoms with Gasteiger partial charge in [0.1, 0.15) is 0 Å². The Labute approximate surface area is 133 Å². The normalized spacial score (nSPS) is 23.2. The molecule has 0 spiro atoms. The van der Waals surface area contributed by atoms with Gasteiger partial charge in [-0.1, -0.05) is 59.8 Å². The van der Waals surface area contributed by atoms with Crippen molar-refractivity contribution in [1.82, 2.24) is 4.90 Å². The summed E-state index contributed by atoms with van der Waals surface area (Å²) < 4.78 is 0. The number of rotatable bonds is 7. The highest BCUT2D eigenvalue weighted by atomic mass is 15.2. The molecule has 1 heterocycles. The molecule has 1 aliphatic rings. The Hall–Kier alpha value is -0.720. The Kier molecular flexibility index (Phi) is 6.56. The largest absolute Gasteiger partial charge is 0.372 e. The Balaban J connectivity index is 2.27. The predicted molar refractivity (Wildman–Crippen MR) is 95.3 cm³/mol. The van der Waals surface area contributed by atoms with Crippen LogP contribution in [0.25, 0.3) is 0 Å². The molecule has 1 heteroatoms. The second-order valence-electron chi connectivity index (χ2n) is 8.28. The molecule has 2 atom stereocenters. The van der Waals surface area contributed by atoms with Crippen molar-refractivity contribution in [1.29, 1.82) is 0 Å².